The molecule has 28 heavy (non-hydrogen) atoms. The summed E-state index contributed by atoms with van der Waals surface area (Å²) in [6, 6.07) is 4.35. The summed E-state index contributed by atoms with van der Waals surface area (Å²) in [5, 5.41) is 12.3. The molecule has 4 rings (SSSR count). The Balaban J connectivity index is 1.60. The second-order valence-electron chi connectivity index (χ2n) is 6.41. The van der Waals surface area contributed by atoms with Crippen LogP contribution in [0.15, 0.2) is 22.7 Å². The minimum atomic E-state index is -2.94. The van der Waals surface area contributed by atoms with E-state index in [0.717, 1.165) is 11.6 Å². The molecule has 3 aromatic rings. The number of methoxy groups -OCH3 is 1. The second-order valence-corrected chi connectivity index (χ2v) is 6.41. The highest BCUT2D eigenvalue weighted by molar-refractivity contribution is 5.60. The van der Waals surface area contributed by atoms with Gasteiger partial charge in [0.25, 0.3) is 0 Å². The number of aromatic nitrogens is 5. The van der Waals surface area contributed by atoms with Crippen LogP contribution >= 0.6 is 0 Å². The van der Waals surface area contributed by atoms with Gasteiger partial charge in [0.15, 0.2) is 11.5 Å². The molecule has 0 saturated heterocycles. The van der Waals surface area contributed by atoms with Crippen molar-refractivity contribution in [3.63, 3.8) is 0 Å². The molecule has 148 valence electrons. The zero-order valence-corrected chi connectivity index (χ0v) is 15.5. The number of hydrogen-bond acceptors (Lipinski definition) is 8. The monoisotopic (exact) mass is 392 g/mol. The van der Waals surface area contributed by atoms with Crippen LogP contribution in [0.1, 0.15) is 23.6 Å². The van der Waals surface area contributed by atoms with Gasteiger partial charge in [-0.1, -0.05) is 5.16 Å². The van der Waals surface area contributed by atoms with Crippen LogP contribution in [-0.2, 0) is 13.1 Å². The minimum Gasteiger partial charge on any atom is -0.493 e. The maximum atomic E-state index is 12.5. The predicted molar refractivity (Wildman–Crippen MR) is 91.9 cm³/mol. The molecule has 1 unspecified atom stereocenters. The van der Waals surface area contributed by atoms with Crippen molar-refractivity contribution < 1.29 is 22.8 Å². The SMILES string of the molecule is COc1cc(-c2noc(C3Cn4c(C)nnc4CN3C)n2)ccc1OC(F)F. The van der Waals surface area contributed by atoms with Crippen LogP contribution in [0.4, 0.5) is 8.78 Å². The summed E-state index contributed by atoms with van der Waals surface area (Å²) in [5.74, 6) is 2.58. The van der Waals surface area contributed by atoms with Crippen molar-refractivity contribution >= 4 is 0 Å². The van der Waals surface area contributed by atoms with E-state index in [1.54, 1.807) is 6.07 Å². The van der Waals surface area contributed by atoms with Gasteiger partial charge in [0.05, 0.1) is 20.2 Å². The lowest BCUT2D eigenvalue weighted by atomic mass is 10.1. The van der Waals surface area contributed by atoms with Gasteiger partial charge in [-0.05, 0) is 32.2 Å². The summed E-state index contributed by atoms with van der Waals surface area (Å²) in [6.45, 7) is 0.158. The van der Waals surface area contributed by atoms with Gasteiger partial charge in [-0.2, -0.15) is 13.8 Å². The number of rotatable bonds is 5. The molecule has 0 radical (unpaired) electrons. The van der Waals surface area contributed by atoms with Gasteiger partial charge in [0.2, 0.25) is 11.7 Å². The first kappa shape index (κ1) is 18.3. The highest BCUT2D eigenvalue weighted by Gasteiger charge is 2.31. The third kappa shape index (κ3) is 3.28. The quantitative estimate of drug-likeness (QED) is 0.654. The standard InChI is InChI=1S/C17H18F2N6O3/c1-9-21-22-14-8-24(2)11(7-25(9)14)16-20-15(23-28-16)10-4-5-12(27-17(18)19)13(6-10)26-3/h4-6,11,17H,7-8H2,1-3H3. The molecule has 0 aliphatic carbocycles. The molecular formula is C17H18F2N6O3. The van der Waals surface area contributed by atoms with Gasteiger partial charge in [0.1, 0.15) is 17.7 Å². The average molecular weight is 392 g/mol. The fourth-order valence-corrected chi connectivity index (χ4v) is 3.18. The lowest BCUT2D eigenvalue weighted by Crippen LogP contribution is -2.34. The lowest BCUT2D eigenvalue weighted by Gasteiger charge is -2.30. The summed E-state index contributed by atoms with van der Waals surface area (Å²) >= 11 is 0. The van der Waals surface area contributed by atoms with Gasteiger partial charge >= 0.3 is 6.61 Å². The summed E-state index contributed by atoms with van der Waals surface area (Å²) in [7, 11) is 3.32. The number of fused-ring (bicyclic) bond motifs is 1. The van der Waals surface area contributed by atoms with E-state index in [1.807, 2.05) is 18.5 Å². The number of benzene rings is 1. The number of hydrogen-bond donors (Lipinski definition) is 0. The average Bonchev–Trinajstić information content (AvgIpc) is 3.28. The number of aryl methyl sites for hydroxylation is 1. The van der Waals surface area contributed by atoms with Crippen molar-refractivity contribution in [3.8, 4) is 22.9 Å². The van der Waals surface area contributed by atoms with Gasteiger partial charge in [-0.25, -0.2) is 0 Å². The lowest BCUT2D eigenvalue weighted by molar-refractivity contribution is -0.0512. The molecule has 11 heteroatoms. The molecule has 2 aromatic heterocycles. The van der Waals surface area contributed by atoms with Gasteiger partial charge in [0, 0.05) is 5.56 Å². The van der Waals surface area contributed by atoms with Crippen molar-refractivity contribution in [1.82, 2.24) is 29.8 Å². The fraction of sp³-hybridized carbons (Fsp3) is 0.412. The summed E-state index contributed by atoms with van der Waals surface area (Å²) in [4.78, 5) is 6.55. The number of halogens is 2. The van der Waals surface area contributed by atoms with Crippen molar-refractivity contribution in [1.29, 1.82) is 0 Å². The summed E-state index contributed by atoms with van der Waals surface area (Å²) in [6.07, 6.45) is 0. The molecule has 1 aliphatic heterocycles. The van der Waals surface area contributed by atoms with E-state index < -0.39 is 6.61 Å². The van der Waals surface area contributed by atoms with Crippen molar-refractivity contribution in [3.05, 3.63) is 35.7 Å². The zero-order chi connectivity index (χ0) is 19.8. The molecule has 3 heterocycles. The largest absolute Gasteiger partial charge is 0.493 e. The van der Waals surface area contributed by atoms with E-state index in [-0.39, 0.29) is 17.5 Å². The topological polar surface area (TPSA) is 91.3 Å². The molecule has 0 fully saturated rings. The van der Waals surface area contributed by atoms with Gasteiger partial charge in [-0.15, -0.1) is 10.2 Å². The van der Waals surface area contributed by atoms with E-state index in [1.165, 1.54) is 19.2 Å². The number of alkyl halides is 2. The first-order chi connectivity index (χ1) is 13.5. The van der Waals surface area contributed by atoms with E-state index in [2.05, 4.69) is 30.0 Å². The van der Waals surface area contributed by atoms with Crippen molar-refractivity contribution in [2.45, 2.75) is 32.7 Å². The Morgan fingerprint density at radius 1 is 1.25 bits per heavy atom. The first-order valence-electron chi connectivity index (χ1n) is 8.52. The van der Waals surface area contributed by atoms with E-state index in [4.69, 9.17) is 9.26 Å². The maximum absolute atomic E-state index is 12.5. The van der Waals surface area contributed by atoms with Crippen LogP contribution in [0.25, 0.3) is 11.4 Å². The fourth-order valence-electron chi connectivity index (χ4n) is 3.18. The summed E-state index contributed by atoms with van der Waals surface area (Å²) in [5.41, 5.74) is 0.563. The Morgan fingerprint density at radius 2 is 2.07 bits per heavy atom. The molecule has 0 amide bonds. The van der Waals surface area contributed by atoms with Gasteiger partial charge in [-0.3, -0.25) is 4.90 Å². The second kappa shape index (κ2) is 7.15. The number of ether oxygens (including phenoxy) is 2. The Bertz CT molecular complexity index is 989. The van der Waals surface area contributed by atoms with E-state index >= 15 is 0 Å². The normalized spacial score (nSPS) is 17.0. The molecule has 1 aliphatic rings. The van der Waals surface area contributed by atoms with Gasteiger partial charge < -0.3 is 18.6 Å². The smallest absolute Gasteiger partial charge is 0.387 e. The third-order valence-corrected chi connectivity index (χ3v) is 4.66. The molecule has 0 bridgehead atoms. The van der Waals surface area contributed by atoms with Crippen LogP contribution in [0.3, 0.4) is 0 Å². The highest BCUT2D eigenvalue weighted by Crippen LogP contribution is 2.34. The predicted octanol–water partition coefficient (Wildman–Crippen LogP) is 2.43. The molecule has 0 spiro atoms. The molecule has 0 saturated carbocycles. The molecule has 1 aromatic carbocycles. The third-order valence-electron chi connectivity index (χ3n) is 4.66. The molecular weight excluding hydrogens is 374 g/mol. The Morgan fingerprint density at radius 3 is 2.82 bits per heavy atom. The van der Waals surface area contributed by atoms with Crippen LogP contribution in [0.2, 0.25) is 0 Å². The molecule has 0 N–H and O–H groups in total. The van der Waals surface area contributed by atoms with Crippen molar-refractivity contribution in [2.75, 3.05) is 14.2 Å². The van der Waals surface area contributed by atoms with Crippen LogP contribution in [-0.4, -0.2) is 50.6 Å². The van der Waals surface area contributed by atoms with Crippen molar-refractivity contribution in [2.24, 2.45) is 0 Å². The minimum absolute atomic E-state index is 0.0624. The Labute approximate surface area is 158 Å². The van der Waals surface area contributed by atoms with Crippen LogP contribution in [0.5, 0.6) is 11.5 Å². The van der Waals surface area contributed by atoms with Crippen LogP contribution in [0, 0.1) is 6.92 Å². The Kier molecular flexibility index (Phi) is 4.67. The molecule has 1 atom stereocenters. The Hall–Kier alpha value is -3.08. The highest BCUT2D eigenvalue weighted by atomic mass is 19.3. The van der Waals surface area contributed by atoms with E-state index in [0.29, 0.717) is 30.4 Å². The zero-order valence-electron chi connectivity index (χ0n) is 15.5. The number of likely N-dealkylation sites (N-methyl/N-ethyl adjacent to an activating group) is 1. The van der Waals surface area contributed by atoms with Crippen LogP contribution < -0.4 is 9.47 Å². The first-order valence-corrected chi connectivity index (χ1v) is 8.52. The molecule has 9 nitrogen and oxygen atoms in total. The van der Waals surface area contributed by atoms with E-state index in [9.17, 15) is 8.78 Å². The summed E-state index contributed by atoms with van der Waals surface area (Å²) < 4.78 is 42.0. The number of nitrogens with zero attached hydrogens (tertiary/aromatic N) is 6. The maximum Gasteiger partial charge on any atom is 0.387 e.